The van der Waals surface area contributed by atoms with Crippen molar-refractivity contribution in [2.75, 3.05) is 26.4 Å². The van der Waals surface area contributed by atoms with E-state index in [4.69, 9.17) is 29.8 Å². The average molecular weight is 423 g/mol. The first kappa shape index (κ1) is 19.8. The summed E-state index contributed by atoms with van der Waals surface area (Å²) in [6.07, 6.45) is 14.1. The highest BCUT2D eigenvalue weighted by atomic mass is 16.6. The molecule has 6 unspecified atom stereocenters. The Kier molecular flexibility index (Phi) is 5.06. The molecular formula is C25H30N2O4. The van der Waals surface area contributed by atoms with Crippen molar-refractivity contribution < 1.29 is 18.9 Å². The first-order valence-electron chi connectivity index (χ1n) is 11.6. The molecule has 164 valence electrons. The Bertz CT molecular complexity index is 840. The van der Waals surface area contributed by atoms with Gasteiger partial charge in [-0.1, -0.05) is 35.5 Å². The SMILES string of the molecule is N=C1C(CC2=CC=C(CC3CO3)C(CC3CO3)C2=N)=CC=C(CC2CO2)C1CC1CO1. The summed E-state index contributed by atoms with van der Waals surface area (Å²) in [6.45, 7) is 3.30. The second-order valence-corrected chi connectivity index (χ2v) is 9.68. The van der Waals surface area contributed by atoms with E-state index in [1.165, 1.54) is 11.1 Å². The van der Waals surface area contributed by atoms with E-state index in [9.17, 15) is 0 Å². The smallest absolute Gasteiger partial charge is 0.0847 e. The highest BCUT2D eigenvalue weighted by Crippen LogP contribution is 2.39. The quantitative estimate of drug-likeness (QED) is 0.526. The molecule has 6 aliphatic rings. The van der Waals surface area contributed by atoms with Crippen molar-refractivity contribution in [3.05, 3.63) is 46.6 Å². The topological polar surface area (TPSA) is 97.8 Å². The Morgan fingerprint density at radius 1 is 0.613 bits per heavy atom. The van der Waals surface area contributed by atoms with Crippen LogP contribution in [0.3, 0.4) is 0 Å². The van der Waals surface area contributed by atoms with E-state index in [0.717, 1.165) is 63.3 Å². The van der Waals surface area contributed by atoms with Gasteiger partial charge in [0.25, 0.3) is 0 Å². The highest BCUT2D eigenvalue weighted by Gasteiger charge is 2.38. The van der Waals surface area contributed by atoms with Crippen molar-refractivity contribution in [3.63, 3.8) is 0 Å². The summed E-state index contributed by atoms with van der Waals surface area (Å²) in [5.74, 6) is 0.229. The van der Waals surface area contributed by atoms with Gasteiger partial charge < -0.3 is 29.8 Å². The number of nitrogens with one attached hydrogen (secondary N) is 2. The summed E-state index contributed by atoms with van der Waals surface area (Å²) >= 11 is 0. The van der Waals surface area contributed by atoms with Crippen LogP contribution in [-0.2, 0) is 18.9 Å². The third kappa shape index (κ3) is 4.67. The fourth-order valence-electron chi connectivity index (χ4n) is 4.95. The van der Waals surface area contributed by atoms with Crippen LogP contribution >= 0.6 is 0 Å². The fourth-order valence-corrected chi connectivity index (χ4v) is 4.95. The van der Waals surface area contributed by atoms with E-state index >= 15 is 0 Å². The molecule has 0 amide bonds. The van der Waals surface area contributed by atoms with Crippen LogP contribution in [-0.4, -0.2) is 62.3 Å². The Morgan fingerprint density at radius 2 is 1.00 bits per heavy atom. The standard InChI is InChI=1S/C25H30N2O4/c26-24-16(3-1-14(6-18-10-28-18)22(24)8-20-12-30-20)5-17-4-2-15(7-19-11-29-19)23(25(17)27)9-21-13-31-21/h1-4,18-23,26-27H,5-13H2. The molecule has 6 heteroatoms. The molecule has 0 spiro atoms. The second-order valence-electron chi connectivity index (χ2n) is 9.68. The van der Waals surface area contributed by atoms with Gasteiger partial charge in [0.05, 0.1) is 50.8 Å². The van der Waals surface area contributed by atoms with Gasteiger partial charge in [-0.15, -0.1) is 0 Å². The van der Waals surface area contributed by atoms with Gasteiger partial charge in [0, 0.05) is 29.7 Å². The molecular weight excluding hydrogens is 392 g/mol. The van der Waals surface area contributed by atoms with Crippen LogP contribution in [0.15, 0.2) is 46.6 Å². The van der Waals surface area contributed by atoms with Gasteiger partial charge >= 0.3 is 0 Å². The predicted molar refractivity (Wildman–Crippen MR) is 117 cm³/mol. The fraction of sp³-hybridized carbons (Fsp3) is 0.600. The number of hydrogen-bond donors (Lipinski definition) is 2. The van der Waals surface area contributed by atoms with Crippen LogP contribution in [0.2, 0.25) is 0 Å². The van der Waals surface area contributed by atoms with Crippen LogP contribution in [0, 0.1) is 22.7 Å². The minimum absolute atomic E-state index is 0.115. The molecule has 0 bridgehead atoms. The minimum Gasteiger partial charge on any atom is -0.373 e. The molecule has 4 heterocycles. The summed E-state index contributed by atoms with van der Waals surface area (Å²) in [7, 11) is 0. The second kappa shape index (κ2) is 7.93. The maximum absolute atomic E-state index is 8.96. The average Bonchev–Trinajstić information content (AvgIpc) is 3.60. The molecule has 31 heavy (non-hydrogen) atoms. The van der Waals surface area contributed by atoms with Gasteiger partial charge in [-0.2, -0.15) is 0 Å². The van der Waals surface area contributed by atoms with E-state index in [-0.39, 0.29) is 11.8 Å². The molecule has 0 aromatic rings. The van der Waals surface area contributed by atoms with Crippen molar-refractivity contribution in [1.29, 1.82) is 10.8 Å². The van der Waals surface area contributed by atoms with Gasteiger partial charge in [-0.05, 0) is 36.8 Å². The van der Waals surface area contributed by atoms with Crippen molar-refractivity contribution in [2.24, 2.45) is 11.8 Å². The lowest BCUT2D eigenvalue weighted by atomic mass is 9.75. The Balaban J connectivity index is 1.21. The Morgan fingerprint density at radius 3 is 1.35 bits per heavy atom. The molecule has 6 atom stereocenters. The van der Waals surface area contributed by atoms with Gasteiger partial charge in [-0.25, -0.2) is 0 Å². The van der Waals surface area contributed by atoms with Crippen LogP contribution in [0.25, 0.3) is 0 Å². The first-order valence-corrected chi connectivity index (χ1v) is 11.6. The van der Waals surface area contributed by atoms with Gasteiger partial charge in [0.15, 0.2) is 0 Å². The third-order valence-electron chi connectivity index (χ3n) is 7.20. The Labute approximate surface area is 183 Å². The van der Waals surface area contributed by atoms with Crippen LogP contribution in [0.5, 0.6) is 0 Å². The van der Waals surface area contributed by atoms with Crippen LogP contribution < -0.4 is 0 Å². The first-order chi connectivity index (χ1) is 15.1. The zero-order valence-electron chi connectivity index (χ0n) is 17.8. The third-order valence-corrected chi connectivity index (χ3v) is 7.20. The molecule has 6 nitrogen and oxygen atoms in total. The summed E-state index contributed by atoms with van der Waals surface area (Å²) in [4.78, 5) is 0. The van der Waals surface area contributed by atoms with E-state index in [0.29, 0.717) is 42.3 Å². The molecule has 4 saturated heterocycles. The van der Waals surface area contributed by atoms with Gasteiger partial charge in [0.1, 0.15) is 0 Å². The molecule has 6 rings (SSSR count). The zero-order chi connectivity index (χ0) is 20.9. The zero-order valence-corrected chi connectivity index (χ0v) is 17.8. The molecule has 2 N–H and O–H groups in total. The minimum atomic E-state index is 0.115. The normalized spacial score (nSPS) is 38.2. The molecule has 0 aromatic carbocycles. The van der Waals surface area contributed by atoms with Gasteiger partial charge in [0.2, 0.25) is 0 Å². The summed E-state index contributed by atoms with van der Waals surface area (Å²) in [5, 5.41) is 17.9. The number of epoxide rings is 4. The lowest BCUT2D eigenvalue weighted by Crippen LogP contribution is -2.27. The van der Waals surface area contributed by atoms with Crippen molar-refractivity contribution in [1.82, 2.24) is 0 Å². The largest absolute Gasteiger partial charge is 0.373 e. The Hall–Kier alpha value is -1.86. The monoisotopic (exact) mass is 422 g/mol. The highest BCUT2D eigenvalue weighted by molar-refractivity contribution is 6.07. The summed E-state index contributed by atoms with van der Waals surface area (Å²) < 4.78 is 21.9. The van der Waals surface area contributed by atoms with Crippen molar-refractivity contribution in [2.45, 2.75) is 56.5 Å². The number of ether oxygens (including phenoxy) is 4. The molecule has 0 aromatic heterocycles. The number of rotatable bonds is 10. The maximum Gasteiger partial charge on any atom is 0.0847 e. The summed E-state index contributed by atoms with van der Waals surface area (Å²) in [6, 6.07) is 0. The van der Waals surface area contributed by atoms with Crippen LogP contribution in [0.1, 0.15) is 32.1 Å². The van der Waals surface area contributed by atoms with E-state index in [1.807, 2.05) is 0 Å². The maximum atomic E-state index is 8.96. The molecule has 4 aliphatic heterocycles. The molecule has 2 aliphatic carbocycles. The molecule has 0 saturated carbocycles. The lowest BCUT2D eigenvalue weighted by molar-refractivity contribution is 0.377. The van der Waals surface area contributed by atoms with E-state index in [2.05, 4.69) is 24.3 Å². The molecule has 0 radical (unpaired) electrons. The molecule has 4 fully saturated rings. The van der Waals surface area contributed by atoms with Crippen molar-refractivity contribution >= 4 is 11.4 Å². The number of hydrogen-bond acceptors (Lipinski definition) is 6. The van der Waals surface area contributed by atoms with E-state index in [1.54, 1.807) is 0 Å². The number of allylic oxidation sites excluding steroid dienone is 6. The lowest BCUT2D eigenvalue weighted by Gasteiger charge is -2.29. The summed E-state index contributed by atoms with van der Waals surface area (Å²) in [5.41, 5.74) is 6.07. The van der Waals surface area contributed by atoms with Crippen LogP contribution in [0.4, 0.5) is 0 Å². The van der Waals surface area contributed by atoms with Gasteiger partial charge in [-0.3, -0.25) is 0 Å². The predicted octanol–water partition coefficient (Wildman–Crippen LogP) is 3.54. The van der Waals surface area contributed by atoms with Crippen molar-refractivity contribution in [3.8, 4) is 0 Å². The van der Waals surface area contributed by atoms with E-state index < -0.39 is 0 Å².